The van der Waals surface area contributed by atoms with Crippen molar-refractivity contribution in [3.63, 3.8) is 0 Å². The molecule has 1 aliphatic carbocycles. The Hall–Kier alpha value is -0.630. The largest absolute Gasteiger partial charge is 0.330 e. The number of rotatable bonds is 4. The number of hydrogen-bond acceptors (Lipinski definition) is 2. The van der Waals surface area contributed by atoms with Gasteiger partial charge in [0, 0.05) is 5.92 Å². The molecule has 74 valence electrons. The molecule has 1 unspecified atom stereocenters. The molecule has 1 atom stereocenters. The number of carbonyl (C=O) groups excluding carboxylic acids is 1. The van der Waals surface area contributed by atoms with Crippen molar-refractivity contribution in [1.82, 2.24) is 0 Å². The van der Waals surface area contributed by atoms with Crippen molar-refractivity contribution in [3.8, 4) is 0 Å². The third-order valence-electron chi connectivity index (χ3n) is 2.65. The van der Waals surface area contributed by atoms with Crippen molar-refractivity contribution in [2.45, 2.75) is 39.0 Å². The van der Waals surface area contributed by atoms with Crippen LogP contribution in [0.15, 0.2) is 11.6 Å². The number of allylic oxidation sites excluding steroid dienone is 2. The molecule has 0 bridgehead atoms. The summed E-state index contributed by atoms with van der Waals surface area (Å²) in [6.45, 7) is 2.59. The van der Waals surface area contributed by atoms with E-state index < -0.39 is 0 Å². The molecule has 0 saturated carbocycles. The van der Waals surface area contributed by atoms with E-state index in [1.807, 2.05) is 6.92 Å². The van der Waals surface area contributed by atoms with Gasteiger partial charge in [0.05, 0.1) is 0 Å². The fourth-order valence-electron chi connectivity index (χ4n) is 1.76. The van der Waals surface area contributed by atoms with Gasteiger partial charge < -0.3 is 5.73 Å². The van der Waals surface area contributed by atoms with Crippen molar-refractivity contribution in [2.75, 3.05) is 6.54 Å². The summed E-state index contributed by atoms with van der Waals surface area (Å²) in [4.78, 5) is 11.8. The highest BCUT2D eigenvalue weighted by atomic mass is 16.1. The SMILES string of the molecule is CC(CCN)C(=O)C1=CCCCC1. The second-order valence-electron chi connectivity index (χ2n) is 3.82. The molecule has 2 heteroatoms. The molecule has 0 radical (unpaired) electrons. The minimum absolute atomic E-state index is 0.120. The Morgan fingerprint density at radius 1 is 1.62 bits per heavy atom. The van der Waals surface area contributed by atoms with Gasteiger partial charge in [-0.3, -0.25) is 4.79 Å². The van der Waals surface area contributed by atoms with Gasteiger partial charge in [0.1, 0.15) is 0 Å². The van der Waals surface area contributed by atoms with Crippen LogP contribution in [0.3, 0.4) is 0 Å². The van der Waals surface area contributed by atoms with Crippen LogP contribution < -0.4 is 5.73 Å². The molecule has 0 aromatic rings. The zero-order valence-electron chi connectivity index (χ0n) is 8.38. The first-order valence-electron chi connectivity index (χ1n) is 5.19. The molecule has 1 aliphatic rings. The number of nitrogens with two attached hydrogens (primary N) is 1. The lowest BCUT2D eigenvalue weighted by atomic mass is 9.89. The van der Waals surface area contributed by atoms with Crippen LogP contribution in [0.1, 0.15) is 39.0 Å². The first-order chi connectivity index (χ1) is 6.25. The van der Waals surface area contributed by atoms with Crippen LogP contribution in [0.2, 0.25) is 0 Å². The molecule has 0 fully saturated rings. The van der Waals surface area contributed by atoms with Crippen LogP contribution in [0.25, 0.3) is 0 Å². The predicted octanol–water partition coefficient (Wildman–Crippen LogP) is 2.04. The number of hydrogen-bond donors (Lipinski definition) is 1. The number of carbonyl (C=O) groups is 1. The minimum atomic E-state index is 0.120. The van der Waals surface area contributed by atoms with Gasteiger partial charge in [0.25, 0.3) is 0 Å². The Kier molecular flexibility index (Phi) is 4.16. The van der Waals surface area contributed by atoms with E-state index in [1.165, 1.54) is 12.8 Å². The second-order valence-corrected chi connectivity index (χ2v) is 3.82. The van der Waals surface area contributed by atoms with Crippen LogP contribution >= 0.6 is 0 Å². The fourth-order valence-corrected chi connectivity index (χ4v) is 1.76. The van der Waals surface area contributed by atoms with Crippen molar-refractivity contribution >= 4 is 5.78 Å². The Morgan fingerprint density at radius 3 is 2.92 bits per heavy atom. The lowest BCUT2D eigenvalue weighted by Gasteiger charge is -2.15. The maximum Gasteiger partial charge on any atom is 0.161 e. The first kappa shape index (κ1) is 10.5. The Labute approximate surface area is 80.2 Å². The summed E-state index contributed by atoms with van der Waals surface area (Å²) < 4.78 is 0. The summed E-state index contributed by atoms with van der Waals surface area (Å²) in [5, 5.41) is 0. The Bertz CT molecular complexity index is 208. The van der Waals surface area contributed by atoms with E-state index in [2.05, 4.69) is 6.08 Å². The van der Waals surface area contributed by atoms with E-state index in [1.54, 1.807) is 0 Å². The summed E-state index contributed by atoms with van der Waals surface area (Å²) >= 11 is 0. The fraction of sp³-hybridized carbons (Fsp3) is 0.727. The monoisotopic (exact) mass is 181 g/mol. The third kappa shape index (κ3) is 2.96. The van der Waals surface area contributed by atoms with E-state index in [0.717, 1.165) is 24.8 Å². The summed E-state index contributed by atoms with van der Waals surface area (Å²) in [5.74, 6) is 0.444. The van der Waals surface area contributed by atoms with Gasteiger partial charge in [0.2, 0.25) is 0 Å². The molecule has 0 spiro atoms. The molecular weight excluding hydrogens is 162 g/mol. The van der Waals surface area contributed by atoms with E-state index >= 15 is 0 Å². The summed E-state index contributed by atoms with van der Waals surface area (Å²) in [6.07, 6.45) is 7.40. The Balaban J connectivity index is 2.50. The summed E-state index contributed by atoms with van der Waals surface area (Å²) in [7, 11) is 0. The maximum absolute atomic E-state index is 11.8. The highest BCUT2D eigenvalue weighted by molar-refractivity contribution is 5.96. The van der Waals surface area contributed by atoms with Gasteiger partial charge in [-0.25, -0.2) is 0 Å². The molecule has 0 heterocycles. The Morgan fingerprint density at radius 2 is 2.38 bits per heavy atom. The molecule has 13 heavy (non-hydrogen) atoms. The maximum atomic E-state index is 11.8. The molecule has 2 nitrogen and oxygen atoms in total. The molecule has 2 N–H and O–H groups in total. The summed E-state index contributed by atoms with van der Waals surface area (Å²) in [6, 6.07) is 0. The quantitative estimate of drug-likeness (QED) is 0.721. The normalized spacial score (nSPS) is 19.4. The van der Waals surface area contributed by atoms with Crippen molar-refractivity contribution in [3.05, 3.63) is 11.6 Å². The molecule has 0 aromatic heterocycles. The lowest BCUT2D eigenvalue weighted by Crippen LogP contribution is -2.18. The predicted molar refractivity (Wildman–Crippen MR) is 54.4 cm³/mol. The van der Waals surface area contributed by atoms with Gasteiger partial charge in [-0.15, -0.1) is 0 Å². The molecule has 1 rings (SSSR count). The van der Waals surface area contributed by atoms with E-state index in [-0.39, 0.29) is 5.92 Å². The third-order valence-corrected chi connectivity index (χ3v) is 2.65. The zero-order valence-corrected chi connectivity index (χ0v) is 8.38. The topological polar surface area (TPSA) is 43.1 Å². The van der Waals surface area contributed by atoms with Gasteiger partial charge in [0.15, 0.2) is 5.78 Å². The van der Waals surface area contributed by atoms with Gasteiger partial charge >= 0.3 is 0 Å². The summed E-state index contributed by atoms with van der Waals surface area (Å²) in [5.41, 5.74) is 6.47. The minimum Gasteiger partial charge on any atom is -0.330 e. The number of Topliss-reactive ketones (excluding diaryl/α,β-unsaturated/α-hetero) is 1. The van der Waals surface area contributed by atoms with Crippen LogP contribution in [-0.2, 0) is 4.79 Å². The van der Waals surface area contributed by atoms with Crippen LogP contribution in [-0.4, -0.2) is 12.3 Å². The molecule has 0 saturated heterocycles. The first-order valence-corrected chi connectivity index (χ1v) is 5.19. The second kappa shape index (κ2) is 5.18. The molecule has 0 aromatic carbocycles. The van der Waals surface area contributed by atoms with E-state index in [0.29, 0.717) is 12.3 Å². The van der Waals surface area contributed by atoms with Gasteiger partial charge in [-0.1, -0.05) is 13.0 Å². The van der Waals surface area contributed by atoms with Crippen LogP contribution in [0, 0.1) is 5.92 Å². The molecular formula is C11H19NO. The van der Waals surface area contributed by atoms with E-state index in [4.69, 9.17) is 5.73 Å². The van der Waals surface area contributed by atoms with Crippen molar-refractivity contribution in [1.29, 1.82) is 0 Å². The van der Waals surface area contributed by atoms with Crippen molar-refractivity contribution < 1.29 is 4.79 Å². The molecule has 0 amide bonds. The average molecular weight is 181 g/mol. The number of ketones is 1. The smallest absolute Gasteiger partial charge is 0.161 e. The lowest BCUT2D eigenvalue weighted by molar-refractivity contribution is -0.119. The standard InChI is InChI=1S/C11H19NO/c1-9(7-8-12)11(13)10-5-3-2-4-6-10/h5,9H,2-4,6-8,12H2,1H3. The van der Waals surface area contributed by atoms with Gasteiger partial charge in [-0.05, 0) is 44.2 Å². The highest BCUT2D eigenvalue weighted by Crippen LogP contribution is 2.21. The van der Waals surface area contributed by atoms with Crippen LogP contribution in [0.4, 0.5) is 0 Å². The molecule has 0 aliphatic heterocycles. The average Bonchev–Trinajstić information content (AvgIpc) is 2.18. The van der Waals surface area contributed by atoms with Gasteiger partial charge in [-0.2, -0.15) is 0 Å². The zero-order chi connectivity index (χ0) is 9.68. The highest BCUT2D eigenvalue weighted by Gasteiger charge is 2.17. The van der Waals surface area contributed by atoms with Crippen LogP contribution in [0.5, 0.6) is 0 Å². The van der Waals surface area contributed by atoms with E-state index in [9.17, 15) is 4.79 Å². The van der Waals surface area contributed by atoms with Crippen molar-refractivity contribution in [2.24, 2.45) is 11.7 Å².